The van der Waals surface area contributed by atoms with Gasteiger partial charge in [0.15, 0.2) is 0 Å². The zero-order chi connectivity index (χ0) is 20.6. The SMILES string of the molecule is C[C@]12CC/C(=N\OC3CCNCC3)C3(CC3)C1CC[C@@H]1[C@@H]2CC[C@]2(C)C(=O)CC[C@@H]12. The van der Waals surface area contributed by atoms with E-state index < -0.39 is 0 Å². The molecular formula is C26H40N2O2. The van der Waals surface area contributed by atoms with Crippen molar-refractivity contribution in [3.05, 3.63) is 0 Å². The number of Topliss-reactive ketones (excluding diaryl/α,β-unsaturated/α-hetero) is 1. The summed E-state index contributed by atoms with van der Waals surface area (Å²) in [6.45, 7) is 7.07. The highest BCUT2D eigenvalue weighted by Crippen LogP contribution is 2.72. The number of carbonyl (C=O) groups excluding carboxylic acids is 1. The quantitative estimate of drug-likeness (QED) is 0.641. The highest BCUT2D eigenvalue weighted by Gasteiger charge is 2.67. The van der Waals surface area contributed by atoms with Gasteiger partial charge in [-0.1, -0.05) is 19.0 Å². The Balaban J connectivity index is 1.24. The Labute approximate surface area is 182 Å². The second kappa shape index (κ2) is 6.80. The molecule has 5 aliphatic carbocycles. The van der Waals surface area contributed by atoms with E-state index in [0.717, 1.165) is 62.9 Å². The minimum atomic E-state index is 0.00557. The van der Waals surface area contributed by atoms with Gasteiger partial charge >= 0.3 is 0 Å². The molecule has 166 valence electrons. The average molecular weight is 413 g/mol. The molecule has 1 saturated heterocycles. The highest BCUT2D eigenvalue weighted by molar-refractivity contribution is 5.93. The van der Waals surface area contributed by atoms with E-state index in [1.165, 1.54) is 50.7 Å². The van der Waals surface area contributed by atoms with E-state index in [4.69, 9.17) is 9.99 Å². The van der Waals surface area contributed by atoms with Gasteiger partial charge < -0.3 is 10.2 Å². The minimum Gasteiger partial charge on any atom is -0.392 e. The molecule has 1 aliphatic heterocycles. The predicted octanol–water partition coefficient (Wildman–Crippen LogP) is 5.11. The molecule has 6 atom stereocenters. The van der Waals surface area contributed by atoms with E-state index >= 15 is 0 Å². The fourth-order valence-corrected chi connectivity index (χ4v) is 9.28. The van der Waals surface area contributed by atoms with Crippen LogP contribution in [0.3, 0.4) is 0 Å². The second-order valence-corrected chi connectivity index (χ2v) is 12.2. The second-order valence-electron chi connectivity index (χ2n) is 12.2. The maximum Gasteiger partial charge on any atom is 0.139 e. The van der Waals surface area contributed by atoms with Crippen LogP contribution in [0.15, 0.2) is 5.16 Å². The van der Waals surface area contributed by atoms with Gasteiger partial charge in [-0.15, -0.1) is 0 Å². The third-order valence-corrected chi connectivity index (χ3v) is 11.1. The van der Waals surface area contributed by atoms with Crippen molar-refractivity contribution in [3.8, 4) is 0 Å². The fourth-order valence-electron chi connectivity index (χ4n) is 9.28. The van der Waals surface area contributed by atoms with Crippen LogP contribution in [0.1, 0.15) is 90.9 Å². The molecule has 1 heterocycles. The molecule has 1 unspecified atom stereocenters. The maximum atomic E-state index is 12.7. The van der Waals surface area contributed by atoms with Crippen LogP contribution < -0.4 is 5.32 Å². The molecule has 5 saturated carbocycles. The summed E-state index contributed by atoms with van der Waals surface area (Å²) in [5.41, 5.74) is 2.22. The van der Waals surface area contributed by atoms with Crippen LogP contribution in [0.2, 0.25) is 0 Å². The zero-order valence-corrected chi connectivity index (χ0v) is 19.0. The molecule has 0 bridgehead atoms. The lowest BCUT2D eigenvalue weighted by molar-refractivity contribution is -0.139. The number of hydrogen-bond acceptors (Lipinski definition) is 4. The van der Waals surface area contributed by atoms with Gasteiger partial charge in [-0.3, -0.25) is 4.79 Å². The molecule has 6 fully saturated rings. The number of oxime groups is 1. The van der Waals surface area contributed by atoms with Gasteiger partial charge in [-0.25, -0.2) is 0 Å². The lowest BCUT2D eigenvalue weighted by atomic mass is 9.43. The minimum absolute atomic E-state index is 0.00557. The molecule has 4 nitrogen and oxygen atoms in total. The number of rotatable bonds is 2. The van der Waals surface area contributed by atoms with Crippen LogP contribution in [0.4, 0.5) is 0 Å². The van der Waals surface area contributed by atoms with Crippen LogP contribution in [-0.2, 0) is 9.63 Å². The Kier molecular flexibility index (Phi) is 4.48. The number of nitrogens with zero attached hydrogens (tertiary/aromatic N) is 1. The molecule has 1 N–H and O–H groups in total. The predicted molar refractivity (Wildman–Crippen MR) is 118 cm³/mol. The van der Waals surface area contributed by atoms with Gasteiger partial charge in [0, 0.05) is 17.3 Å². The van der Waals surface area contributed by atoms with Crippen LogP contribution in [0, 0.1) is 39.9 Å². The summed E-state index contributed by atoms with van der Waals surface area (Å²) in [7, 11) is 0. The Bertz CT molecular complexity index is 752. The molecule has 0 amide bonds. The normalized spacial score (nSPS) is 48.9. The number of carbonyl (C=O) groups is 1. The topological polar surface area (TPSA) is 50.7 Å². The van der Waals surface area contributed by atoms with E-state index in [9.17, 15) is 4.79 Å². The highest BCUT2D eigenvalue weighted by atomic mass is 16.6. The van der Waals surface area contributed by atoms with E-state index in [2.05, 4.69) is 19.2 Å². The number of ketones is 1. The van der Waals surface area contributed by atoms with Crippen molar-refractivity contribution >= 4 is 11.5 Å². The Morgan fingerprint density at radius 2 is 1.70 bits per heavy atom. The molecule has 4 heteroatoms. The van der Waals surface area contributed by atoms with Gasteiger partial charge in [0.2, 0.25) is 0 Å². The van der Waals surface area contributed by atoms with Crippen LogP contribution >= 0.6 is 0 Å². The third-order valence-electron chi connectivity index (χ3n) is 11.1. The first-order valence-corrected chi connectivity index (χ1v) is 12.9. The average Bonchev–Trinajstić information content (AvgIpc) is 3.47. The van der Waals surface area contributed by atoms with Crippen molar-refractivity contribution in [1.82, 2.24) is 5.32 Å². The number of hydrogen-bond donors (Lipinski definition) is 1. The summed E-state index contributed by atoms with van der Waals surface area (Å²) in [4.78, 5) is 18.8. The molecule has 6 rings (SSSR count). The molecule has 1 spiro atoms. The van der Waals surface area contributed by atoms with Crippen molar-refractivity contribution in [2.75, 3.05) is 13.1 Å². The fraction of sp³-hybridized carbons (Fsp3) is 0.923. The first kappa shape index (κ1) is 19.8. The van der Waals surface area contributed by atoms with Crippen molar-refractivity contribution in [3.63, 3.8) is 0 Å². The number of nitrogens with one attached hydrogen (secondary N) is 1. The summed E-state index contributed by atoms with van der Waals surface area (Å²) in [6, 6.07) is 0. The summed E-state index contributed by atoms with van der Waals surface area (Å²) in [5, 5.41) is 8.29. The van der Waals surface area contributed by atoms with Gasteiger partial charge in [0.05, 0.1) is 5.71 Å². The molecule has 0 aromatic rings. The van der Waals surface area contributed by atoms with Crippen LogP contribution in [0.5, 0.6) is 0 Å². The number of fused-ring (bicyclic) bond motifs is 6. The molecule has 0 radical (unpaired) electrons. The van der Waals surface area contributed by atoms with E-state index in [1.54, 1.807) is 0 Å². The van der Waals surface area contributed by atoms with Crippen LogP contribution in [-0.4, -0.2) is 30.7 Å². The molecule has 30 heavy (non-hydrogen) atoms. The molecule has 0 aromatic heterocycles. The standard InChI is InChI=1S/C26H40N2O2/c1-24-12-8-22(28-30-17-9-15-27-16-10-17)26(13-14-26)21(24)5-3-18-19-4-6-23(29)25(19,2)11-7-20(18)24/h17-21,27H,3-16H2,1-2H3/b28-22+/t18-,19-,20-,21?,24+,25-/m0/s1. The summed E-state index contributed by atoms with van der Waals surface area (Å²) < 4.78 is 0. The number of piperidine rings is 1. The van der Waals surface area contributed by atoms with Crippen molar-refractivity contribution in [1.29, 1.82) is 0 Å². The third kappa shape index (κ3) is 2.67. The Morgan fingerprint density at radius 1 is 0.900 bits per heavy atom. The zero-order valence-electron chi connectivity index (χ0n) is 19.0. The van der Waals surface area contributed by atoms with Gasteiger partial charge in [-0.05, 0) is 113 Å². The van der Waals surface area contributed by atoms with E-state index in [0.29, 0.717) is 28.6 Å². The van der Waals surface area contributed by atoms with Crippen molar-refractivity contribution < 1.29 is 9.63 Å². The van der Waals surface area contributed by atoms with Gasteiger partial charge in [0.1, 0.15) is 11.9 Å². The lowest BCUT2D eigenvalue weighted by Gasteiger charge is -2.61. The van der Waals surface area contributed by atoms with Crippen LogP contribution in [0.25, 0.3) is 0 Å². The maximum absolute atomic E-state index is 12.7. The molecule has 6 aliphatic rings. The van der Waals surface area contributed by atoms with Crippen molar-refractivity contribution in [2.24, 2.45) is 45.1 Å². The summed E-state index contributed by atoms with van der Waals surface area (Å²) in [6.07, 6.45) is 14.7. The smallest absolute Gasteiger partial charge is 0.139 e. The lowest BCUT2D eigenvalue weighted by Crippen LogP contribution is -2.56. The summed E-state index contributed by atoms with van der Waals surface area (Å²) in [5.74, 6) is 3.64. The first-order chi connectivity index (χ1) is 14.5. The molecular weight excluding hydrogens is 372 g/mol. The van der Waals surface area contributed by atoms with E-state index in [1.807, 2.05) is 0 Å². The molecule has 0 aromatic carbocycles. The van der Waals surface area contributed by atoms with Crippen molar-refractivity contribution in [2.45, 2.75) is 97.0 Å². The summed E-state index contributed by atoms with van der Waals surface area (Å²) >= 11 is 0. The van der Waals surface area contributed by atoms with Gasteiger partial charge in [-0.2, -0.15) is 0 Å². The Hall–Kier alpha value is -0.900. The van der Waals surface area contributed by atoms with Gasteiger partial charge in [0.25, 0.3) is 0 Å². The Morgan fingerprint density at radius 3 is 2.47 bits per heavy atom. The van der Waals surface area contributed by atoms with E-state index in [-0.39, 0.29) is 5.41 Å². The monoisotopic (exact) mass is 412 g/mol. The first-order valence-electron chi connectivity index (χ1n) is 12.9. The largest absolute Gasteiger partial charge is 0.392 e.